The van der Waals surface area contributed by atoms with E-state index in [1.807, 2.05) is 0 Å². The Balaban J connectivity index is 1.30. The lowest BCUT2D eigenvalue weighted by molar-refractivity contribution is -0.962. The van der Waals surface area contributed by atoms with Gasteiger partial charge in [0.25, 0.3) is 11.6 Å². The van der Waals surface area contributed by atoms with Gasteiger partial charge in [-0.25, -0.2) is 0 Å². The summed E-state index contributed by atoms with van der Waals surface area (Å²) in [5.74, 6) is 4.11. The molecule has 1 spiro atoms. The monoisotopic (exact) mass is 670 g/mol. The van der Waals surface area contributed by atoms with Gasteiger partial charge in [-0.05, 0) is 47.5 Å². The van der Waals surface area contributed by atoms with E-state index in [0.717, 1.165) is 17.3 Å². The fraction of sp³-hybridized carbons (Fsp3) is 0.149. The van der Waals surface area contributed by atoms with E-state index in [1.54, 1.807) is 0 Å². The molecule has 0 N–H and O–H groups in total. The van der Waals surface area contributed by atoms with Gasteiger partial charge in [-0.15, -0.1) is 0 Å². The standard InChI is InChI=1S/C47H34N4O/c1-45(2)31-17-7-8-19-35(31)50-38-20-9-10-25-48(38)47-39-36(23-21-33(45)42(39)50)52-37-24-22-34-43(40(37)47)51-41-29(15-11-18-32(41)46(34,3)4)27-13-5-6-14-28(27)30-16-12-26-49(47)44(30)51/h5-26H,1-4H3/q+2. The molecule has 0 fully saturated rings. The van der Waals surface area contributed by atoms with Crippen LogP contribution in [0.5, 0.6) is 11.5 Å². The molecule has 0 saturated heterocycles. The van der Waals surface area contributed by atoms with Crippen molar-refractivity contribution in [2.24, 2.45) is 0 Å². The zero-order chi connectivity index (χ0) is 34.5. The molecule has 7 aromatic rings. The summed E-state index contributed by atoms with van der Waals surface area (Å²) in [5, 5.41) is 0. The molecule has 13 rings (SSSR count). The van der Waals surface area contributed by atoms with Crippen LogP contribution in [-0.4, -0.2) is 0 Å². The molecule has 5 aromatic carbocycles. The normalized spacial score (nSPS) is 19.6. The third kappa shape index (κ3) is 2.69. The summed E-state index contributed by atoms with van der Waals surface area (Å²) in [6.45, 7) is 9.56. The van der Waals surface area contributed by atoms with Crippen molar-refractivity contribution in [3.8, 4) is 33.8 Å². The summed E-state index contributed by atoms with van der Waals surface area (Å²) in [7, 11) is 0. The highest BCUT2D eigenvalue weighted by molar-refractivity contribution is 6.05. The fourth-order valence-electron chi connectivity index (χ4n) is 11.0. The SMILES string of the molecule is CC1(C)c2ccccc2N2c3c1ccc1c3C3(c4c(ccc5c4N4c6c(cccc6C5(C)C)-c5ccccc5-c5ccc[n+]3c54)O1)[n+]1ccccc12. The lowest BCUT2D eigenvalue weighted by atomic mass is 9.67. The molecule has 0 amide bonds. The van der Waals surface area contributed by atoms with E-state index in [4.69, 9.17) is 4.74 Å². The number of nitrogens with zero attached hydrogens (tertiary/aromatic N) is 4. The van der Waals surface area contributed by atoms with Gasteiger partial charge >= 0.3 is 5.66 Å². The smallest absolute Gasteiger partial charge is 0.321 e. The van der Waals surface area contributed by atoms with Crippen molar-refractivity contribution in [3.63, 3.8) is 0 Å². The van der Waals surface area contributed by atoms with Crippen LogP contribution in [0.4, 0.5) is 34.4 Å². The summed E-state index contributed by atoms with van der Waals surface area (Å²) in [6, 6.07) is 45.2. The summed E-state index contributed by atoms with van der Waals surface area (Å²) < 4.78 is 12.3. The Bertz CT molecular complexity index is 2870. The van der Waals surface area contributed by atoms with Crippen molar-refractivity contribution in [2.45, 2.75) is 44.2 Å². The van der Waals surface area contributed by atoms with Crippen LogP contribution >= 0.6 is 0 Å². The quantitative estimate of drug-likeness (QED) is 0.150. The zero-order valence-electron chi connectivity index (χ0n) is 29.4. The molecule has 8 heterocycles. The average molecular weight is 671 g/mol. The van der Waals surface area contributed by atoms with Gasteiger partial charge in [-0.1, -0.05) is 107 Å². The molecule has 0 bridgehead atoms. The summed E-state index contributed by atoms with van der Waals surface area (Å²) in [5.41, 5.74) is 16.3. The van der Waals surface area contributed by atoms with Crippen LogP contribution in [0.1, 0.15) is 61.1 Å². The van der Waals surface area contributed by atoms with E-state index in [2.05, 4.69) is 180 Å². The maximum absolute atomic E-state index is 7.21. The number of fused-ring (bicyclic) bond motifs is 7. The van der Waals surface area contributed by atoms with E-state index >= 15 is 0 Å². The molecule has 2 aromatic heterocycles. The maximum Gasteiger partial charge on any atom is 0.321 e. The topological polar surface area (TPSA) is 23.5 Å². The maximum atomic E-state index is 7.21. The summed E-state index contributed by atoms with van der Waals surface area (Å²) in [6.07, 6.45) is 4.62. The molecular weight excluding hydrogens is 637 g/mol. The van der Waals surface area contributed by atoms with E-state index in [-0.39, 0.29) is 10.8 Å². The number of benzene rings is 5. The Labute approximate surface area is 302 Å². The molecule has 0 saturated carbocycles. The number of hydrogen-bond donors (Lipinski definition) is 0. The van der Waals surface area contributed by atoms with Gasteiger partial charge in [0, 0.05) is 44.7 Å². The van der Waals surface area contributed by atoms with Crippen LogP contribution in [0.15, 0.2) is 134 Å². The van der Waals surface area contributed by atoms with Crippen LogP contribution < -0.4 is 23.7 Å². The second-order valence-corrected chi connectivity index (χ2v) is 16.2. The van der Waals surface area contributed by atoms with Gasteiger partial charge in [-0.3, -0.25) is 0 Å². The predicted molar refractivity (Wildman–Crippen MR) is 203 cm³/mol. The second-order valence-electron chi connectivity index (χ2n) is 16.2. The molecule has 52 heavy (non-hydrogen) atoms. The van der Waals surface area contributed by atoms with Gasteiger partial charge in [0.1, 0.15) is 34.0 Å². The van der Waals surface area contributed by atoms with Crippen LogP contribution in [0, 0.1) is 0 Å². The number of para-hydroxylation sites is 2. The number of anilines is 6. The minimum absolute atomic E-state index is 0.236. The number of hydrogen-bond acceptors (Lipinski definition) is 3. The third-order valence-electron chi connectivity index (χ3n) is 13.2. The molecule has 0 aliphatic carbocycles. The first kappa shape index (κ1) is 27.5. The van der Waals surface area contributed by atoms with Crippen LogP contribution in [-0.2, 0) is 16.5 Å². The van der Waals surface area contributed by atoms with Crippen LogP contribution in [0.25, 0.3) is 22.3 Å². The number of aromatic nitrogens is 2. The second kappa shape index (κ2) is 8.46. The number of ether oxygens (including phenoxy) is 1. The number of pyridine rings is 2. The van der Waals surface area contributed by atoms with Gasteiger partial charge in [0.05, 0.1) is 18.0 Å². The van der Waals surface area contributed by atoms with E-state index in [0.29, 0.717) is 0 Å². The van der Waals surface area contributed by atoms with Gasteiger partial charge in [0.15, 0.2) is 11.4 Å². The molecule has 6 aliphatic rings. The van der Waals surface area contributed by atoms with Gasteiger partial charge < -0.3 is 4.74 Å². The molecule has 5 heteroatoms. The molecule has 1 atom stereocenters. The minimum Gasteiger partial charge on any atom is -0.456 e. The predicted octanol–water partition coefficient (Wildman–Crippen LogP) is 10.2. The van der Waals surface area contributed by atoms with Crippen molar-refractivity contribution >= 4 is 34.4 Å². The largest absolute Gasteiger partial charge is 0.456 e. The molecule has 246 valence electrons. The molecular formula is C47H34N4O+2. The Kier molecular flexibility index (Phi) is 4.48. The van der Waals surface area contributed by atoms with Gasteiger partial charge in [-0.2, -0.15) is 18.9 Å². The molecule has 0 radical (unpaired) electrons. The first-order valence-corrected chi connectivity index (χ1v) is 18.4. The first-order valence-electron chi connectivity index (χ1n) is 18.4. The molecule has 1 unspecified atom stereocenters. The highest BCUT2D eigenvalue weighted by atomic mass is 16.5. The lowest BCUT2D eigenvalue weighted by Crippen LogP contribution is -2.79. The Morgan fingerprint density at radius 2 is 1.04 bits per heavy atom. The third-order valence-corrected chi connectivity index (χ3v) is 13.2. The van der Waals surface area contributed by atoms with E-state index < -0.39 is 5.66 Å². The fourth-order valence-corrected chi connectivity index (χ4v) is 11.0. The first-order chi connectivity index (χ1) is 25.3. The zero-order valence-corrected chi connectivity index (χ0v) is 29.4. The van der Waals surface area contributed by atoms with Crippen molar-refractivity contribution < 1.29 is 13.9 Å². The van der Waals surface area contributed by atoms with Crippen molar-refractivity contribution in [1.82, 2.24) is 0 Å². The average Bonchev–Trinajstić information content (AvgIpc) is 3.29. The van der Waals surface area contributed by atoms with Crippen LogP contribution in [0.3, 0.4) is 0 Å². The van der Waals surface area contributed by atoms with E-state index in [9.17, 15) is 0 Å². The Morgan fingerprint density at radius 3 is 1.83 bits per heavy atom. The highest BCUT2D eigenvalue weighted by Gasteiger charge is 2.69. The van der Waals surface area contributed by atoms with Gasteiger partial charge in [0.2, 0.25) is 0 Å². The summed E-state index contributed by atoms with van der Waals surface area (Å²) >= 11 is 0. The lowest BCUT2D eigenvalue weighted by Gasteiger charge is -2.50. The van der Waals surface area contributed by atoms with Crippen LogP contribution in [0.2, 0.25) is 0 Å². The Hall–Kier alpha value is -6.20. The van der Waals surface area contributed by atoms with Crippen molar-refractivity contribution in [3.05, 3.63) is 167 Å². The number of rotatable bonds is 0. The molecule has 6 aliphatic heterocycles. The molecule has 5 nitrogen and oxygen atoms in total. The summed E-state index contributed by atoms with van der Waals surface area (Å²) in [4.78, 5) is 5.11. The van der Waals surface area contributed by atoms with Crippen molar-refractivity contribution in [1.29, 1.82) is 0 Å². The van der Waals surface area contributed by atoms with E-state index in [1.165, 1.54) is 84.2 Å². The van der Waals surface area contributed by atoms with Crippen molar-refractivity contribution in [2.75, 3.05) is 9.80 Å². The Morgan fingerprint density at radius 1 is 0.462 bits per heavy atom. The minimum atomic E-state index is -0.793. The highest BCUT2D eigenvalue weighted by Crippen LogP contribution is 2.68.